The summed E-state index contributed by atoms with van der Waals surface area (Å²) in [6.07, 6.45) is 3.38. The summed E-state index contributed by atoms with van der Waals surface area (Å²) >= 11 is 11.7. The second-order valence-corrected chi connectivity index (χ2v) is 4.93. The molecule has 0 unspecified atom stereocenters. The molecule has 2 rings (SSSR count). The number of anilines is 1. The molecule has 0 saturated heterocycles. The molecule has 0 radical (unpaired) electrons. The summed E-state index contributed by atoms with van der Waals surface area (Å²) in [7, 11) is 0. The Bertz CT molecular complexity index is 590. The molecule has 1 heterocycles. The van der Waals surface area contributed by atoms with Crippen LogP contribution in [0.1, 0.15) is 5.56 Å². The Labute approximate surface area is 127 Å². The predicted octanol–water partition coefficient (Wildman–Crippen LogP) is 3.12. The van der Waals surface area contributed by atoms with E-state index in [1.807, 2.05) is 12.1 Å². The number of halogens is 2. The minimum absolute atomic E-state index is 0.104. The van der Waals surface area contributed by atoms with Gasteiger partial charge in [0.2, 0.25) is 5.91 Å². The Hall–Kier alpha value is -1.78. The van der Waals surface area contributed by atoms with Crippen LogP contribution in [0.3, 0.4) is 0 Å². The maximum absolute atomic E-state index is 11.7. The smallest absolute Gasteiger partial charge is 0.239 e. The highest BCUT2D eigenvalue weighted by atomic mass is 35.5. The number of hydrogen-bond donors (Lipinski definition) is 2. The van der Waals surface area contributed by atoms with Gasteiger partial charge in [-0.2, -0.15) is 0 Å². The quantitative estimate of drug-likeness (QED) is 0.892. The third-order valence-corrected chi connectivity index (χ3v) is 3.35. The normalized spacial score (nSPS) is 10.1. The van der Waals surface area contributed by atoms with Gasteiger partial charge < -0.3 is 10.6 Å². The molecule has 1 aromatic carbocycles. The standard InChI is InChI=1S/C14H13Cl2N3O/c15-12-2-1-11(7-13(12)16)18-9-14(20)19-8-10-3-5-17-6-4-10/h1-7,18H,8-9H2,(H,19,20). The fraction of sp³-hybridized carbons (Fsp3) is 0.143. The summed E-state index contributed by atoms with van der Waals surface area (Å²) in [6.45, 7) is 0.646. The van der Waals surface area contributed by atoms with E-state index in [-0.39, 0.29) is 12.5 Å². The molecule has 1 amide bonds. The van der Waals surface area contributed by atoms with Crippen LogP contribution in [0.4, 0.5) is 5.69 Å². The molecule has 2 aromatic rings. The van der Waals surface area contributed by atoms with E-state index in [1.165, 1.54) is 0 Å². The third-order valence-electron chi connectivity index (χ3n) is 2.61. The Balaban J connectivity index is 1.79. The molecular weight excluding hydrogens is 297 g/mol. The molecule has 0 saturated carbocycles. The van der Waals surface area contributed by atoms with Crippen molar-refractivity contribution in [1.82, 2.24) is 10.3 Å². The fourth-order valence-electron chi connectivity index (χ4n) is 1.55. The number of pyridine rings is 1. The van der Waals surface area contributed by atoms with Gasteiger partial charge in [-0.15, -0.1) is 0 Å². The van der Waals surface area contributed by atoms with E-state index >= 15 is 0 Å². The van der Waals surface area contributed by atoms with Crippen molar-refractivity contribution in [1.29, 1.82) is 0 Å². The summed E-state index contributed by atoms with van der Waals surface area (Å²) < 4.78 is 0. The van der Waals surface area contributed by atoms with E-state index in [0.29, 0.717) is 16.6 Å². The van der Waals surface area contributed by atoms with Gasteiger partial charge in [0.1, 0.15) is 0 Å². The fourth-order valence-corrected chi connectivity index (χ4v) is 1.85. The molecule has 0 spiro atoms. The number of rotatable bonds is 5. The van der Waals surface area contributed by atoms with E-state index in [9.17, 15) is 4.79 Å². The highest BCUT2D eigenvalue weighted by molar-refractivity contribution is 6.42. The van der Waals surface area contributed by atoms with Crippen LogP contribution in [0.5, 0.6) is 0 Å². The molecule has 104 valence electrons. The number of benzene rings is 1. The predicted molar refractivity (Wildman–Crippen MR) is 81.0 cm³/mol. The number of amides is 1. The average Bonchev–Trinajstić information content (AvgIpc) is 2.47. The molecule has 1 aromatic heterocycles. The topological polar surface area (TPSA) is 54.0 Å². The zero-order chi connectivity index (χ0) is 14.4. The molecule has 0 aliphatic carbocycles. The van der Waals surface area contributed by atoms with Crippen LogP contribution >= 0.6 is 23.2 Å². The molecule has 2 N–H and O–H groups in total. The molecule has 0 atom stereocenters. The molecule has 4 nitrogen and oxygen atoms in total. The zero-order valence-electron chi connectivity index (χ0n) is 10.6. The van der Waals surface area contributed by atoms with Crippen LogP contribution in [-0.2, 0) is 11.3 Å². The molecule has 0 fully saturated rings. The van der Waals surface area contributed by atoms with Gasteiger partial charge in [0.25, 0.3) is 0 Å². The van der Waals surface area contributed by atoms with Crippen molar-refractivity contribution in [2.45, 2.75) is 6.54 Å². The second-order valence-electron chi connectivity index (χ2n) is 4.11. The molecular formula is C14H13Cl2N3O. The Morgan fingerprint density at radius 1 is 1.10 bits per heavy atom. The number of carbonyl (C=O) groups is 1. The summed E-state index contributed by atoms with van der Waals surface area (Å²) in [5, 5.41) is 6.73. The van der Waals surface area contributed by atoms with E-state index < -0.39 is 0 Å². The van der Waals surface area contributed by atoms with Crippen molar-refractivity contribution in [3.8, 4) is 0 Å². The van der Waals surface area contributed by atoms with Crippen molar-refractivity contribution in [3.05, 3.63) is 58.3 Å². The second kappa shape index (κ2) is 7.12. The lowest BCUT2D eigenvalue weighted by Gasteiger charge is -2.08. The van der Waals surface area contributed by atoms with Crippen LogP contribution in [0.15, 0.2) is 42.7 Å². The highest BCUT2D eigenvalue weighted by Gasteiger charge is 2.03. The minimum atomic E-state index is -0.104. The van der Waals surface area contributed by atoms with Crippen LogP contribution < -0.4 is 10.6 Å². The largest absolute Gasteiger partial charge is 0.376 e. The molecule has 20 heavy (non-hydrogen) atoms. The van der Waals surface area contributed by atoms with E-state index in [4.69, 9.17) is 23.2 Å². The maximum Gasteiger partial charge on any atom is 0.239 e. The van der Waals surface area contributed by atoms with E-state index in [2.05, 4.69) is 15.6 Å². The lowest BCUT2D eigenvalue weighted by molar-refractivity contribution is -0.119. The number of hydrogen-bond acceptors (Lipinski definition) is 3. The van der Waals surface area contributed by atoms with Gasteiger partial charge in [-0.3, -0.25) is 9.78 Å². The SMILES string of the molecule is O=C(CNc1ccc(Cl)c(Cl)c1)NCc1ccncc1. The third kappa shape index (κ3) is 4.40. The van der Waals surface area contributed by atoms with Gasteiger partial charge in [0.05, 0.1) is 16.6 Å². The van der Waals surface area contributed by atoms with Crippen LogP contribution in [-0.4, -0.2) is 17.4 Å². The first-order valence-corrected chi connectivity index (χ1v) is 6.75. The molecule has 0 aliphatic rings. The number of aromatic nitrogens is 1. The number of nitrogens with zero attached hydrogens (tertiary/aromatic N) is 1. The minimum Gasteiger partial charge on any atom is -0.376 e. The summed E-state index contributed by atoms with van der Waals surface area (Å²) in [6, 6.07) is 8.84. The van der Waals surface area contributed by atoms with Crippen LogP contribution in [0.25, 0.3) is 0 Å². The first kappa shape index (κ1) is 14.6. The number of nitrogens with one attached hydrogen (secondary N) is 2. The first-order valence-electron chi connectivity index (χ1n) is 5.99. The summed E-state index contributed by atoms with van der Waals surface area (Å²) in [5.41, 5.74) is 1.75. The summed E-state index contributed by atoms with van der Waals surface area (Å²) in [5.74, 6) is -0.104. The van der Waals surface area contributed by atoms with Crippen LogP contribution in [0, 0.1) is 0 Å². The molecule has 0 aliphatic heterocycles. The van der Waals surface area contributed by atoms with Gasteiger partial charge in [-0.05, 0) is 35.9 Å². The van der Waals surface area contributed by atoms with Crippen molar-refractivity contribution >= 4 is 34.8 Å². The first-order chi connectivity index (χ1) is 9.65. The van der Waals surface area contributed by atoms with E-state index in [1.54, 1.807) is 30.6 Å². The lowest BCUT2D eigenvalue weighted by atomic mass is 10.3. The van der Waals surface area contributed by atoms with Gasteiger partial charge in [-0.25, -0.2) is 0 Å². The average molecular weight is 310 g/mol. The highest BCUT2D eigenvalue weighted by Crippen LogP contribution is 2.24. The van der Waals surface area contributed by atoms with Gasteiger partial charge in [0.15, 0.2) is 0 Å². The zero-order valence-corrected chi connectivity index (χ0v) is 12.1. The van der Waals surface area contributed by atoms with Gasteiger partial charge in [0, 0.05) is 24.6 Å². The van der Waals surface area contributed by atoms with Crippen molar-refractivity contribution in [2.24, 2.45) is 0 Å². The Morgan fingerprint density at radius 2 is 1.85 bits per heavy atom. The summed E-state index contributed by atoms with van der Waals surface area (Å²) in [4.78, 5) is 15.6. The van der Waals surface area contributed by atoms with Gasteiger partial charge in [-0.1, -0.05) is 23.2 Å². The van der Waals surface area contributed by atoms with Crippen molar-refractivity contribution < 1.29 is 4.79 Å². The van der Waals surface area contributed by atoms with Gasteiger partial charge >= 0.3 is 0 Å². The maximum atomic E-state index is 11.7. The van der Waals surface area contributed by atoms with E-state index in [0.717, 1.165) is 11.3 Å². The Morgan fingerprint density at radius 3 is 2.55 bits per heavy atom. The number of carbonyl (C=O) groups excluding carboxylic acids is 1. The van der Waals surface area contributed by atoms with Crippen LogP contribution in [0.2, 0.25) is 10.0 Å². The monoisotopic (exact) mass is 309 g/mol. The van der Waals surface area contributed by atoms with Crippen molar-refractivity contribution in [2.75, 3.05) is 11.9 Å². The molecule has 6 heteroatoms. The molecule has 0 bridgehead atoms. The van der Waals surface area contributed by atoms with Crippen molar-refractivity contribution in [3.63, 3.8) is 0 Å². The Kier molecular flexibility index (Phi) is 5.21. The lowest BCUT2D eigenvalue weighted by Crippen LogP contribution is -2.29.